The number of phenolic OH excluding ortho intramolecular Hbond substituents is 1. The van der Waals surface area contributed by atoms with E-state index in [9.17, 15) is 9.90 Å². The Hall–Kier alpha value is -1.37. The Bertz CT molecular complexity index is 652. The summed E-state index contributed by atoms with van der Waals surface area (Å²) in [5, 5.41) is 12.5. The summed E-state index contributed by atoms with van der Waals surface area (Å²) < 4.78 is 11.1. The van der Waals surface area contributed by atoms with E-state index in [1.165, 1.54) is 12.1 Å². The summed E-state index contributed by atoms with van der Waals surface area (Å²) in [7, 11) is 0. The van der Waals surface area contributed by atoms with Gasteiger partial charge in [-0.3, -0.25) is 4.79 Å². The van der Waals surface area contributed by atoms with Crippen molar-refractivity contribution < 1.29 is 19.1 Å². The second kappa shape index (κ2) is 7.76. The van der Waals surface area contributed by atoms with Crippen LogP contribution >= 0.6 is 39.1 Å². The first kappa shape index (κ1) is 17.0. The van der Waals surface area contributed by atoms with Crippen molar-refractivity contribution in [1.82, 2.24) is 5.32 Å². The quantitative estimate of drug-likeness (QED) is 0.700. The molecule has 0 atom stereocenters. The monoisotopic (exact) mass is 407 g/mol. The number of hydrogen-bond donors (Lipinski definition) is 2. The van der Waals surface area contributed by atoms with Gasteiger partial charge in [-0.2, -0.15) is 0 Å². The van der Waals surface area contributed by atoms with Gasteiger partial charge in [0.2, 0.25) is 0 Å². The summed E-state index contributed by atoms with van der Waals surface area (Å²) in [6, 6.07) is 5.91. The van der Waals surface area contributed by atoms with E-state index in [4.69, 9.17) is 32.4 Å². The van der Waals surface area contributed by atoms with Crippen molar-refractivity contribution in [3.8, 4) is 11.5 Å². The van der Waals surface area contributed by atoms with Gasteiger partial charge < -0.3 is 19.6 Å². The number of benzene rings is 1. The molecule has 1 aromatic carbocycles. The average molecular weight is 409 g/mol. The van der Waals surface area contributed by atoms with Crippen LogP contribution in [0, 0.1) is 0 Å². The van der Waals surface area contributed by atoms with Gasteiger partial charge in [0, 0.05) is 18.7 Å². The van der Waals surface area contributed by atoms with Crippen LogP contribution in [-0.2, 0) is 0 Å². The molecule has 0 spiro atoms. The molecule has 0 fully saturated rings. The number of carbonyl (C=O) groups excluding carboxylic acids is 1. The molecular formula is C14H12BrCl2NO4. The van der Waals surface area contributed by atoms with Crippen LogP contribution in [0.3, 0.4) is 0 Å². The van der Waals surface area contributed by atoms with E-state index in [0.717, 1.165) is 0 Å². The Morgan fingerprint density at radius 1 is 1.32 bits per heavy atom. The molecular weight excluding hydrogens is 397 g/mol. The number of phenols is 1. The number of nitrogens with one attached hydrogen (secondary N) is 1. The highest BCUT2D eigenvalue weighted by molar-refractivity contribution is 9.10. The fourth-order valence-electron chi connectivity index (χ4n) is 1.66. The molecule has 2 N–H and O–H groups in total. The first-order valence-electron chi connectivity index (χ1n) is 6.31. The van der Waals surface area contributed by atoms with Crippen LogP contribution in [0.4, 0.5) is 0 Å². The minimum absolute atomic E-state index is 0.0285. The first-order chi connectivity index (χ1) is 10.5. The predicted molar refractivity (Wildman–Crippen MR) is 87.0 cm³/mol. The Morgan fingerprint density at radius 3 is 2.59 bits per heavy atom. The first-order valence-corrected chi connectivity index (χ1v) is 7.86. The van der Waals surface area contributed by atoms with Gasteiger partial charge in [-0.05, 0) is 34.5 Å². The van der Waals surface area contributed by atoms with E-state index in [2.05, 4.69) is 21.2 Å². The van der Waals surface area contributed by atoms with Crippen molar-refractivity contribution in [2.24, 2.45) is 0 Å². The summed E-state index contributed by atoms with van der Waals surface area (Å²) in [6.07, 6.45) is 0.557. The number of furan rings is 1. The van der Waals surface area contributed by atoms with Crippen molar-refractivity contribution >= 4 is 45.0 Å². The second-order valence-corrected chi connectivity index (χ2v) is 5.90. The number of hydrogen-bond acceptors (Lipinski definition) is 4. The zero-order chi connectivity index (χ0) is 16.1. The molecule has 1 amide bonds. The van der Waals surface area contributed by atoms with Crippen molar-refractivity contribution in [3.63, 3.8) is 0 Å². The summed E-state index contributed by atoms with van der Waals surface area (Å²) in [4.78, 5) is 11.7. The van der Waals surface area contributed by atoms with Gasteiger partial charge >= 0.3 is 0 Å². The largest absolute Gasteiger partial charge is 0.508 e. The molecule has 1 aromatic heterocycles. The molecule has 0 aliphatic rings. The highest BCUT2D eigenvalue weighted by atomic mass is 79.9. The maximum Gasteiger partial charge on any atom is 0.287 e. The molecule has 22 heavy (non-hydrogen) atoms. The van der Waals surface area contributed by atoms with Crippen LogP contribution in [0.15, 0.2) is 33.4 Å². The summed E-state index contributed by atoms with van der Waals surface area (Å²) in [6.45, 7) is 0.719. The predicted octanol–water partition coefficient (Wildman–Crippen LogP) is 4.25. The lowest BCUT2D eigenvalue weighted by Crippen LogP contribution is -2.25. The van der Waals surface area contributed by atoms with Crippen LogP contribution in [0.1, 0.15) is 17.0 Å². The lowest BCUT2D eigenvalue weighted by Gasteiger charge is -2.10. The third kappa shape index (κ3) is 4.56. The Balaban J connectivity index is 1.75. The van der Waals surface area contributed by atoms with Gasteiger partial charge in [0.25, 0.3) is 5.91 Å². The van der Waals surface area contributed by atoms with Crippen LogP contribution in [0.2, 0.25) is 10.0 Å². The van der Waals surface area contributed by atoms with E-state index in [1.54, 1.807) is 12.1 Å². The number of carbonyl (C=O) groups is 1. The van der Waals surface area contributed by atoms with Gasteiger partial charge in [-0.1, -0.05) is 23.2 Å². The third-order valence-electron chi connectivity index (χ3n) is 2.63. The standard InChI is InChI=1S/C14H12BrCl2NO4/c15-12-3-2-11(22-12)14(20)18-4-1-5-21-13-9(16)6-8(19)7-10(13)17/h2-3,6-7,19H,1,4-5H2,(H,18,20). The Labute approximate surface area is 145 Å². The van der Waals surface area contributed by atoms with Crippen LogP contribution in [0.5, 0.6) is 11.5 Å². The number of rotatable bonds is 6. The van der Waals surface area contributed by atoms with E-state index in [-0.39, 0.29) is 27.5 Å². The minimum atomic E-state index is -0.300. The molecule has 0 saturated carbocycles. The van der Waals surface area contributed by atoms with E-state index in [1.807, 2.05) is 0 Å². The normalized spacial score (nSPS) is 10.5. The van der Waals surface area contributed by atoms with Crippen LogP contribution in [0.25, 0.3) is 0 Å². The molecule has 2 rings (SSSR count). The van der Waals surface area contributed by atoms with Gasteiger partial charge in [-0.25, -0.2) is 0 Å². The summed E-state index contributed by atoms with van der Waals surface area (Å²) >= 11 is 15.0. The number of ether oxygens (including phenoxy) is 1. The fraction of sp³-hybridized carbons (Fsp3) is 0.214. The van der Waals surface area contributed by atoms with E-state index in [0.29, 0.717) is 30.0 Å². The van der Waals surface area contributed by atoms with Crippen LogP contribution < -0.4 is 10.1 Å². The molecule has 0 aliphatic carbocycles. The highest BCUT2D eigenvalue weighted by Gasteiger charge is 2.11. The lowest BCUT2D eigenvalue weighted by molar-refractivity contribution is 0.0922. The van der Waals surface area contributed by atoms with Crippen molar-refractivity contribution in [2.45, 2.75) is 6.42 Å². The molecule has 0 saturated heterocycles. The van der Waals surface area contributed by atoms with Gasteiger partial charge in [0.05, 0.1) is 16.7 Å². The molecule has 8 heteroatoms. The molecule has 1 heterocycles. The number of aromatic hydroxyl groups is 1. The molecule has 0 radical (unpaired) electrons. The Kier molecular flexibility index (Phi) is 5.99. The highest BCUT2D eigenvalue weighted by Crippen LogP contribution is 2.36. The number of halogens is 3. The van der Waals surface area contributed by atoms with Crippen molar-refractivity contribution in [1.29, 1.82) is 0 Å². The minimum Gasteiger partial charge on any atom is -0.508 e. The Morgan fingerprint density at radius 2 is 2.00 bits per heavy atom. The maximum absolute atomic E-state index is 11.7. The van der Waals surface area contributed by atoms with Crippen molar-refractivity contribution in [2.75, 3.05) is 13.2 Å². The lowest BCUT2D eigenvalue weighted by atomic mass is 10.3. The zero-order valence-corrected chi connectivity index (χ0v) is 14.3. The molecule has 0 bridgehead atoms. The number of amides is 1. The molecule has 0 aliphatic heterocycles. The summed E-state index contributed by atoms with van der Waals surface area (Å²) in [5.74, 6) is 0.213. The maximum atomic E-state index is 11.7. The van der Waals surface area contributed by atoms with E-state index >= 15 is 0 Å². The van der Waals surface area contributed by atoms with Crippen molar-refractivity contribution in [3.05, 3.63) is 44.7 Å². The molecule has 118 valence electrons. The van der Waals surface area contributed by atoms with Crippen LogP contribution in [-0.4, -0.2) is 24.2 Å². The molecule has 5 nitrogen and oxygen atoms in total. The topological polar surface area (TPSA) is 71.7 Å². The summed E-state index contributed by atoms with van der Waals surface area (Å²) in [5.41, 5.74) is 0. The van der Waals surface area contributed by atoms with Gasteiger partial charge in [0.15, 0.2) is 16.2 Å². The average Bonchev–Trinajstić information content (AvgIpc) is 2.87. The SMILES string of the molecule is O=C(NCCCOc1c(Cl)cc(O)cc1Cl)c1ccc(Br)o1. The molecule has 0 unspecified atom stereocenters. The molecule has 2 aromatic rings. The van der Waals surface area contributed by atoms with Gasteiger partial charge in [-0.15, -0.1) is 0 Å². The fourth-order valence-corrected chi connectivity index (χ4v) is 2.55. The van der Waals surface area contributed by atoms with Gasteiger partial charge in [0.1, 0.15) is 5.75 Å². The smallest absolute Gasteiger partial charge is 0.287 e. The third-order valence-corrected chi connectivity index (χ3v) is 3.62. The second-order valence-electron chi connectivity index (χ2n) is 4.30. The van der Waals surface area contributed by atoms with E-state index < -0.39 is 0 Å². The zero-order valence-electron chi connectivity index (χ0n) is 11.2.